The van der Waals surface area contributed by atoms with Crippen LogP contribution in [0.1, 0.15) is 50.5 Å². The van der Waals surface area contributed by atoms with E-state index < -0.39 is 57.9 Å². The van der Waals surface area contributed by atoms with Gasteiger partial charge in [-0.15, -0.1) is 0 Å². The van der Waals surface area contributed by atoms with Gasteiger partial charge < -0.3 is 36.3 Å². The maximum atomic E-state index is 13.9. The molecule has 14 heteroatoms. The summed E-state index contributed by atoms with van der Waals surface area (Å²) in [5, 5.41) is 19.8. The van der Waals surface area contributed by atoms with Crippen molar-refractivity contribution in [2.45, 2.75) is 64.1 Å². The predicted octanol–water partition coefficient (Wildman–Crippen LogP) is 2.69. The molecule has 0 spiro atoms. The van der Waals surface area contributed by atoms with Crippen molar-refractivity contribution in [3.05, 3.63) is 83.9 Å². The number of anilines is 1. The minimum Gasteiger partial charge on any atom is -0.454 e. The molecule has 0 saturated carbocycles. The fraction of sp³-hybridized carbons (Fsp3) is 0.417. The largest absolute Gasteiger partial charge is 0.454 e. The number of nitrogens with one attached hydrogen (secondary N) is 3. The molecule has 0 saturated heterocycles. The van der Waals surface area contributed by atoms with Crippen molar-refractivity contribution < 1.29 is 37.4 Å². The highest BCUT2D eigenvalue weighted by Gasteiger charge is 2.37. The van der Waals surface area contributed by atoms with E-state index in [1.165, 1.54) is 28.6 Å². The number of carbonyl (C=O) groups excluding carboxylic acids is 3. The van der Waals surface area contributed by atoms with Crippen LogP contribution in [0.25, 0.3) is 0 Å². The molecule has 3 aromatic carbocycles. The number of nitrogens with zero attached hydrogens (tertiary/aromatic N) is 1. The summed E-state index contributed by atoms with van der Waals surface area (Å²) in [4.78, 5) is 39.5. The minimum absolute atomic E-state index is 0.0119. The zero-order chi connectivity index (χ0) is 36.6. The Morgan fingerprint density at radius 2 is 1.62 bits per heavy atom. The molecule has 0 fully saturated rings. The summed E-state index contributed by atoms with van der Waals surface area (Å²) in [6.07, 6.45) is -1.18. The van der Waals surface area contributed by atoms with Gasteiger partial charge in [0, 0.05) is 30.4 Å². The number of nitrogens with two attached hydrogens (primary N) is 1. The quantitative estimate of drug-likeness (QED) is 0.148. The van der Waals surface area contributed by atoms with E-state index in [4.69, 9.17) is 15.2 Å². The van der Waals surface area contributed by atoms with Crippen LogP contribution in [-0.4, -0.2) is 80.2 Å². The number of hydrogen-bond acceptors (Lipinski definition) is 9. The van der Waals surface area contributed by atoms with Gasteiger partial charge in [-0.05, 0) is 53.6 Å². The summed E-state index contributed by atoms with van der Waals surface area (Å²) in [5.74, 6) is -1.03. The standard InChI is InChI=1S/C36H47N5O8S/c1-23(2)20-41(50(46,47)27-14-15-30-31(18-27)49-22-48-30)21-29(42)28(16-24-10-7-6-8-11-24)39-35(45)33(36(3,4)5)40-32(43)19-38-34(44)25-12-9-13-26(37)17-25/h6-15,17-18,23,28-29,33,42H,16,19-22,37H2,1-5H3,(H,38,44)(H,39,45)(H,40,43). The molecule has 6 N–H and O–H groups in total. The Labute approximate surface area is 293 Å². The van der Waals surface area contributed by atoms with E-state index in [1.807, 2.05) is 44.2 Å². The summed E-state index contributed by atoms with van der Waals surface area (Å²) in [6.45, 7) is 8.41. The molecule has 4 rings (SSSR count). The van der Waals surface area contributed by atoms with E-state index >= 15 is 0 Å². The normalized spacial score (nSPS) is 14.6. The molecule has 13 nitrogen and oxygen atoms in total. The molecule has 1 aliphatic rings. The highest BCUT2D eigenvalue weighted by atomic mass is 32.2. The smallest absolute Gasteiger partial charge is 0.251 e. The van der Waals surface area contributed by atoms with Gasteiger partial charge in [-0.2, -0.15) is 4.31 Å². The summed E-state index contributed by atoms with van der Waals surface area (Å²) in [7, 11) is -4.11. The third-order valence-electron chi connectivity index (χ3n) is 8.02. The number of nitrogen functional groups attached to an aromatic ring is 1. The molecule has 270 valence electrons. The second kappa shape index (κ2) is 16.4. The van der Waals surface area contributed by atoms with Crippen molar-refractivity contribution in [3.63, 3.8) is 0 Å². The second-order valence-electron chi connectivity index (χ2n) is 13.8. The second-order valence-corrected chi connectivity index (χ2v) is 15.7. The van der Waals surface area contributed by atoms with E-state index in [-0.39, 0.29) is 42.7 Å². The van der Waals surface area contributed by atoms with Crippen molar-refractivity contribution in [3.8, 4) is 11.5 Å². The Kier molecular flexibility index (Phi) is 12.5. The van der Waals surface area contributed by atoms with Gasteiger partial charge in [0.2, 0.25) is 28.6 Å². The van der Waals surface area contributed by atoms with Gasteiger partial charge in [0.25, 0.3) is 5.91 Å². The van der Waals surface area contributed by atoms with E-state index in [0.29, 0.717) is 17.2 Å². The Balaban J connectivity index is 1.53. The van der Waals surface area contributed by atoms with Crippen LogP contribution in [0.3, 0.4) is 0 Å². The molecule has 1 aliphatic heterocycles. The molecule has 3 unspecified atom stereocenters. The number of ether oxygens (including phenoxy) is 2. The number of amides is 3. The van der Waals surface area contributed by atoms with Gasteiger partial charge in [-0.1, -0.05) is 71.0 Å². The predicted molar refractivity (Wildman–Crippen MR) is 189 cm³/mol. The number of hydrogen-bond donors (Lipinski definition) is 5. The molecule has 3 aromatic rings. The molecule has 50 heavy (non-hydrogen) atoms. The number of rotatable bonds is 15. The summed E-state index contributed by atoms with van der Waals surface area (Å²) in [5.41, 5.74) is 6.46. The topological polar surface area (TPSA) is 189 Å². The van der Waals surface area contributed by atoms with Crippen LogP contribution >= 0.6 is 0 Å². The molecule has 3 atom stereocenters. The van der Waals surface area contributed by atoms with Crippen molar-refractivity contribution in [2.75, 3.05) is 32.2 Å². The Morgan fingerprint density at radius 3 is 2.28 bits per heavy atom. The van der Waals surface area contributed by atoms with Crippen molar-refractivity contribution in [2.24, 2.45) is 11.3 Å². The fourth-order valence-electron chi connectivity index (χ4n) is 5.45. The minimum atomic E-state index is -4.11. The third kappa shape index (κ3) is 10.2. The van der Waals surface area contributed by atoms with Crippen LogP contribution in [0.5, 0.6) is 11.5 Å². The molecule has 0 radical (unpaired) electrons. The van der Waals surface area contributed by atoms with Gasteiger partial charge in [-0.3, -0.25) is 14.4 Å². The molecular weight excluding hydrogens is 662 g/mol. The van der Waals surface area contributed by atoms with Gasteiger partial charge >= 0.3 is 0 Å². The van der Waals surface area contributed by atoms with E-state index in [9.17, 15) is 27.9 Å². The Morgan fingerprint density at radius 1 is 0.920 bits per heavy atom. The van der Waals surface area contributed by atoms with Crippen LogP contribution in [0, 0.1) is 11.3 Å². The lowest BCUT2D eigenvalue weighted by molar-refractivity contribution is -0.132. The molecule has 1 heterocycles. The first-order valence-electron chi connectivity index (χ1n) is 16.4. The molecule has 0 aromatic heterocycles. The van der Waals surface area contributed by atoms with Crippen LogP contribution in [0.2, 0.25) is 0 Å². The van der Waals surface area contributed by atoms with Crippen LogP contribution in [-0.2, 0) is 26.0 Å². The average molecular weight is 710 g/mol. The first-order valence-corrected chi connectivity index (χ1v) is 17.8. The first kappa shape index (κ1) is 38.1. The highest BCUT2D eigenvalue weighted by molar-refractivity contribution is 7.89. The van der Waals surface area contributed by atoms with Crippen LogP contribution in [0.4, 0.5) is 5.69 Å². The van der Waals surface area contributed by atoms with E-state index in [2.05, 4.69) is 16.0 Å². The number of aliphatic hydroxyl groups is 1. The molecule has 0 aliphatic carbocycles. The number of carbonyl (C=O) groups is 3. The van der Waals surface area contributed by atoms with Crippen molar-refractivity contribution >= 4 is 33.4 Å². The monoisotopic (exact) mass is 709 g/mol. The zero-order valence-electron chi connectivity index (χ0n) is 29.0. The van der Waals surface area contributed by atoms with Gasteiger partial charge in [-0.25, -0.2) is 8.42 Å². The maximum Gasteiger partial charge on any atom is 0.251 e. The molecular formula is C36H47N5O8S. The van der Waals surface area contributed by atoms with Gasteiger partial charge in [0.05, 0.1) is 23.6 Å². The average Bonchev–Trinajstić information content (AvgIpc) is 3.53. The van der Waals surface area contributed by atoms with E-state index in [0.717, 1.165) is 5.56 Å². The molecule has 3 amide bonds. The lowest BCUT2D eigenvalue weighted by Gasteiger charge is -2.34. The van der Waals surface area contributed by atoms with Crippen molar-refractivity contribution in [1.29, 1.82) is 0 Å². The van der Waals surface area contributed by atoms with Gasteiger partial charge in [0.1, 0.15) is 6.04 Å². The Bertz CT molecular complexity index is 1760. The summed E-state index contributed by atoms with van der Waals surface area (Å²) >= 11 is 0. The SMILES string of the molecule is CC(C)CN(CC(O)C(Cc1ccccc1)NC(=O)C(NC(=O)CNC(=O)c1cccc(N)c1)C(C)(C)C)S(=O)(=O)c1ccc2c(c1)OCO2. The van der Waals surface area contributed by atoms with Crippen LogP contribution in [0.15, 0.2) is 77.7 Å². The third-order valence-corrected chi connectivity index (χ3v) is 9.85. The molecule has 0 bridgehead atoms. The lowest BCUT2D eigenvalue weighted by atomic mass is 9.85. The first-order chi connectivity index (χ1) is 23.5. The maximum absolute atomic E-state index is 13.9. The Hall–Kier alpha value is -4.66. The van der Waals surface area contributed by atoms with Gasteiger partial charge in [0.15, 0.2) is 11.5 Å². The number of sulfonamides is 1. The fourth-order valence-corrected chi connectivity index (χ4v) is 7.09. The lowest BCUT2D eigenvalue weighted by Crippen LogP contribution is -2.59. The number of aliphatic hydroxyl groups excluding tert-OH is 1. The highest BCUT2D eigenvalue weighted by Crippen LogP contribution is 2.35. The summed E-state index contributed by atoms with van der Waals surface area (Å²) in [6, 6.07) is 17.8. The van der Waals surface area contributed by atoms with Crippen LogP contribution < -0.4 is 31.2 Å². The van der Waals surface area contributed by atoms with Crippen molar-refractivity contribution in [1.82, 2.24) is 20.3 Å². The number of fused-ring (bicyclic) bond motifs is 1. The zero-order valence-corrected chi connectivity index (χ0v) is 29.8. The number of benzene rings is 3. The summed E-state index contributed by atoms with van der Waals surface area (Å²) < 4.78 is 39.8. The van der Waals surface area contributed by atoms with E-state index in [1.54, 1.807) is 39.0 Å².